The van der Waals surface area contributed by atoms with E-state index in [0.29, 0.717) is 0 Å². The molecular weight excluding hydrogens is 204 g/mol. The highest BCUT2D eigenvalue weighted by molar-refractivity contribution is 7.10. The van der Waals surface area contributed by atoms with E-state index in [0.717, 1.165) is 0 Å². The fourth-order valence-corrected chi connectivity index (χ4v) is 3.18. The van der Waals surface area contributed by atoms with Crippen molar-refractivity contribution in [3.05, 3.63) is 33.5 Å². The Morgan fingerprint density at radius 2 is 2.33 bits per heavy atom. The van der Waals surface area contributed by atoms with Crippen LogP contribution in [0, 0.1) is 6.92 Å². The van der Waals surface area contributed by atoms with Crippen LogP contribution < -0.4 is 11.3 Å². The summed E-state index contributed by atoms with van der Waals surface area (Å²) < 4.78 is 0. The van der Waals surface area contributed by atoms with Gasteiger partial charge in [0.1, 0.15) is 0 Å². The van der Waals surface area contributed by atoms with Crippen LogP contribution in [0.25, 0.3) is 0 Å². The maximum Gasteiger partial charge on any atom is 0.0765 e. The molecule has 15 heavy (non-hydrogen) atoms. The molecule has 0 fully saturated rings. The average molecular weight is 222 g/mol. The average Bonchev–Trinajstić information content (AvgIpc) is 2.68. The van der Waals surface area contributed by atoms with Crippen molar-refractivity contribution < 1.29 is 0 Å². The third-order valence-corrected chi connectivity index (χ3v) is 4.11. The zero-order valence-corrected chi connectivity index (χ0v) is 9.94. The summed E-state index contributed by atoms with van der Waals surface area (Å²) in [5.41, 5.74) is 5.77. The molecule has 0 saturated carbocycles. The second-order valence-electron chi connectivity index (χ2n) is 4.09. The number of hydrogen-bond donors (Lipinski definition) is 2. The summed E-state index contributed by atoms with van der Waals surface area (Å²) in [5.74, 6) is 5.68. The monoisotopic (exact) mass is 222 g/mol. The lowest BCUT2D eigenvalue weighted by Crippen LogP contribution is -2.29. The molecule has 0 saturated heterocycles. The van der Waals surface area contributed by atoms with Crippen LogP contribution in [0.4, 0.5) is 0 Å². The molecule has 2 rings (SSSR count). The summed E-state index contributed by atoms with van der Waals surface area (Å²) in [5, 5.41) is 2.14. The quantitative estimate of drug-likeness (QED) is 0.468. The lowest BCUT2D eigenvalue weighted by atomic mass is 9.92. The highest BCUT2D eigenvalue weighted by atomic mass is 32.1. The SMILES string of the molecule is Cc1ccsc1C(NN)C1=CCCCC1. The van der Waals surface area contributed by atoms with E-state index in [1.807, 2.05) is 0 Å². The number of hydrogen-bond acceptors (Lipinski definition) is 3. The molecule has 0 bridgehead atoms. The molecule has 82 valence electrons. The predicted molar refractivity (Wildman–Crippen MR) is 65.7 cm³/mol. The van der Waals surface area contributed by atoms with E-state index in [1.54, 1.807) is 11.3 Å². The lowest BCUT2D eigenvalue weighted by Gasteiger charge is -2.22. The van der Waals surface area contributed by atoms with Gasteiger partial charge in [-0.15, -0.1) is 11.3 Å². The molecular formula is C12H18N2S. The minimum atomic E-state index is 0.241. The van der Waals surface area contributed by atoms with Gasteiger partial charge in [0.15, 0.2) is 0 Å². The van der Waals surface area contributed by atoms with Crippen LogP contribution in [0.2, 0.25) is 0 Å². The Morgan fingerprint density at radius 3 is 2.87 bits per heavy atom. The van der Waals surface area contributed by atoms with Gasteiger partial charge in [-0.1, -0.05) is 11.6 Å². The Hall–Kier alpha value is -0.640. The van der Waals surface area contributed by atoms with Gasteiger partial charge in [-0.25, -0.2) is 5.43 Å². The van der Waals surface area contributed by atoms with Gasteiger partial charge in [-0.2, -0.15) is 0 Å². The van der Waals surface area contributed by atoms with Crippen molar-refractivity contribution in [2.24, 2.45) is 5.84 Å². The summed E-state index contributed by atoms with van der Waals surface area (Å²) >= 11 is 1.79. The Morgan fingerprint density at radius 1 is 1.47 bits per heavy atom. The van der Waals surface area contributed by atoms with Crippen molar-refractivity contribution in [2.75, 3.05) is 0 Å². The van der Waals surface area contributed by atoms with Gasteiger partial charge in [0.2, 0.25) is 0 Å². The number of aryl methyl sites for hydroxylation is 1. The molecule has 3 heteroatoms. The van der Waals surface area contributed by atoms with Gasteiger partial charge >= 0.3 is 0 Å². The molecule has 0 aliphatic heterocycles. The second-order valence-corrected chi connectivity index (χ2v) is 5.04. The number of hydrazine groups is 1. The molecule has 0 spiro atoms. The highest BCUT2D eigenvalue weighted by Gasteiger charge is 2.19. The van der Waals surface area contributed by atoms with Crippen molar-refractivity contribution in [1.82, 2.24) is 5.43 Å². The molecule has 1 aromatic rings. The minimum Gasteiger partial charge on any atom is -0.271 e. The van der Waals surface area contributed by atoms with E-state index in [2.05, 4.69) is 29.9 Å². The number of thiophene rings is 1. The van der Waals surface area contributed by atoms with Crippen LogP contribution in [-0.4, -0.2) is 0 Å². The summed E-state index contributed by atoms with van der Waals surface area (Å²) in [6.45, 7) is 2.15. The van der Waals surface area contributed by atoms with Gasteiger partial charge in [0.05, 0.1) is 6.04 Å². The number of allylic oxidation sites excluding steroid dienone is 1. The van der Waals surface area contributed by atoms with Crippen LogP contribution >= 0.6 is 11.3 Å². The van der Waals surface area contributed by atoms with E-state index in [4.69, 9.17) is 5.84 Å². The Bertz CT molecular complexity index is 354. The molecule has 1 aliphatic rings. The van der Waals surface area contributed by atoms with Crippen LogP contribution in [0.15, 0.2) is 23.1 Å². The van der Waals surface area contributed by atoms with E-state index in [-0.39, 0.29) is 6.04 Å². The first kappa shape index (κ1) is 10.9. The molecule has 0 radical (unpaired) electrons. The van der Waals surface area contributed by atoms with Crippen molar-refractivity contribution in [2.45, 2.75) is 38.6 Å². The summed E-state index contributed by atoms with van der Waals surface area (Å²) in [6.07, 6.45) is 7.37. The first-order valence-electron chi connectivity index (χ1n) is 5.52. The van der Waals surface area contributed by atoms with Crippen LogP contribution in [0.5, 0.6) is 0 Å². The number of nitrogens with two attached hydrogens (primary N) is 1. The molecule has 2 nitrogen and oxygen atoms in total. The zero-order chi connectivity index (χ0) is 10.7. The molecule has 1 aromatic heterocycles. The molecule has 1 aliphatic carbocycles. The lowest BCUT2D eigenvalue weighted by molar-refractivity contribution is 0.570. The van der Waals surface area contributed by atoms with Crippen molar-refractivity contribution in [3.63, 3.8) is 0 Å². The van der Waals surface area contributed by atoms with Crippen LogP contribution in [0.1, 0.15) is 42.2 Å². The second kappa shape index (κ2) is 4.92. The van der Waals surface area contributed by atoms with E-state index >= 15 is 0 Å². The Kier molecular flexibility index (Phi) is 3.57. The largest absolute Gasteiger partial charge is 0.271 e. The highest BCUT2D eigenvalue weighted by Crippen LogP contribution is 2.33. The van der Waals surface area contributed by atoms with Gasteiger partial charge in [0.25, 0.3) is 0 Å². The molecule has 1 heterocycles. The third kappa shape index (κ3) is 2.30. The molecule has 0 amide bonds. The minimum absolute atomic E-state index is 0.241. The van der Waals surface area contributed by atoms with Gasteiger partial charge in [-0.05, 0) is 49.6 Å². The van der Waals surface area contributed by atoms with Gasteiger partial charge in [-0.3, -0.25) is 5.84 Å². The van der Waals surface area contributed by atoms with Crippen molar-refractivity contribution in [1.29, 1.82) is 0 Å². The van der Waals surface area contributed by atoms with Gasteiger partial charge < -0.3 is 0 Å². The van der Waals surface area contributed by atoms with Gasteiger partial charge in [0, 0.05) is 4.88 Å². The van der Waals surface area contributed by atoms with E-state index in [9.17, 15) is 0 Å². The molecule has 1 unspecified atom stereocenters. The molecule has 1 atom stereocenters. The number of rotatable bonds is 3. The Balaban J connectivity index is 2.24. The summed E-state index contributed by atoms with van der Waals surface area (Å²) in [7, 11) is 0. The maximum absolute atomic E-state index is 5.68. The summed E-state index contributed by atoms with van der Waals surface area (Å²) in [6, 6.07) is 2.40. The predicted octanol–water partition coefficient (Wildman–Crippen LogP) is 3.06. The third-order valence-electron chi connectivity index (χ3n) is 3.03. The Labute approximate surface area is 95.2 Å². The maximum atomic E-state index is 5.68. The number of nitrogens with one attached hydrogen (secondary N) is 1. The first-order chi connectivity index (χ1) is 7.33. The van der Waals surface area contributed by atoms with Crippen LogP contribution in [0.3, 0.4) is 0 Å². The van der Waals surface area contributed by atoms with Crippen LogP contribution in [-0.2, 0) is 0 Å². The topological polar surface area (TPSA) is 38.0 Å². The summed E-state index contributed by atoms with van der Waals surface area (Å²) in [4.78, 5) is 1.37. The van der Waals surface area contributed by atoms with Crippen molar-refractivity contribution >= 4 is 11.3 Å². The van der Waals surface area contributed by atoms with Crippen molar-refractivity contribution in [3.8, 4) is 0 Å². The fraction of sp³-hybridized carbons (Fsp3) is 0.500. The molecule has 3 N–H and O–H groups in total. The molecule has 0 aromatic carbocycles. The normalized spacial score (nSPS) is 18.7. The standard InChI is InChI=1S/C12H18N2S/c1-9-7-8-15-12(9)11(14-13)10-5-3-2-4-6-10/h5,7-8,11,14H,2-4,6,13H2,1H3. The zero-order valence-electron chi connectivity index (χ0n) is 9.12. The van der Waals surface area contributed by atoms with E-state index < -0.39 is 0 Å². The smallest absolute Gasteiger partial charge is 0.0765 e. The van der Waals surface area contributed by atoms with E-state index in [1.165, 1.54) is 41.7 Å². The fourth-order valence-electron chi connectivity index (χ4n) is 2.16. The first-order valence-corrected chi connectivity index (χ1v) is 6.40.